The molecule has 0 aromatic carbocycles. The first kappa shape index (κ1) is 9.34. The Hall–Kier alpha value is -0.0600. The minimum atomic E-state index is -3.12. The van der Waals surface area contributed by atoms with Gasteiger partial charge in [0.05, 0.1) is 0 Å². The smallest absolute Gasteiger partial charge is 0.485 e. The van der Waals surface area contributed by atoms with Crippen LogP contribution in [0.2, 0.25) is 0 Å². The number of hydrogen-bond acceptors (Lipinski definition) is 4. The molecule has 0 saturated heterocycles. The third kappa shape index (κ3) is 9460. The fraction of sp³-hybridized carbons (Fsp3) is 0. The van der Waals surface area contributed by atoms with E-state index in [0.717, 1.165) is 0 Å². The van der Waals surface area contributed by atoms with Crippen molar-refractivity contribution < 1.29 is 14.4 Å². The summed E-state index contributed by atoms with van der Waals surface area (Å²) in [5, 5.41) is 0. The van der Waals surface area contributed by atoms with E-state index in [-0.39, 0.29) is 0 Å². The first-order chi connectivity index (χ1) is 2.73. The SMILES string of the molecule is NN.O=[P+]([O-])O. The van der Waals surface area contributed by atoms with Gasteiger partial charge in [-0.25, -0.2) is 0 Å². The lowest BCUT2D eigenvalue weighted by Crippen LogP contribution is -2.02. The van der Waals surface area contributed by atoms with Crippen LogP contribution in [0.1, 0.15) is 0 Å². The fourth-order valence-electron chi connectivity index (χ4n) is 0. The number of nitrogens with two attached hydrogens (primary N) is 2. The van der Waals surface area contributed by atoms with E-state index in [9.17, 15) is 0 Å². The molecule has 0 aliphatic rings. The van der Waals surface area contributed by atoms with Gasteiger partial charge in [0.1, 0.15) is 0 Å². The molecule has 0 aliphatic carbocycles. The second-order valence-corrected chi connectivity index (χ2v) is 0.714. The fourth-order valence-corrected chi connectivity index (χ4v) is 0. The van der Waals surface area contributed by atoms with Crippen molar-refractivity contribution in [1.29, 1.82) is 0 Å². The van der Waals surface area contributed by atoms with Crippen LogP contribution in [0.5, 0.6) is 0 Å². The molecule has 0 aromatic rings. The van der Waals surface area contributed by atoms with Gasteiger partial charge in [0, 0.05) is 0 Å². The highest BCUT2D eigenvalue weighted by Crippen LogP contribution is 1.89. The molecule has 0 aromatic heterocycles. The highest BCUT2D eigenvalue weighted by atomic mass is 31.1. The summed E-state index contributed by atoms with van der Waals surface area (Å²) >= 11 is 0. The van der Waals surface area contributed by atoms with Crippen molar-refractivity contribution in [3.8, 4) is 0 Å². The normalized spacial score (nSPS) is 8.33. The van der Waals surface area contributed by atoms with E-state index in [2.05, 4.69) is 11.7 Å². The van der Waals surface area contributed by atoms with Gasteiger partial charge < -0.3 is 4.89 Å². The standard InChI is InChI=1S/H4N2.HO3P/c1-2;1-4(2)3/h1-2H2;(H,1,2,3). The van der Waals surface area contributed by atoms with E-state index in [1.807, 2.05) is 0 Å². The third-order valence-electron chi connectivity index (χ3n) is 0. The molecule has 1 unspecified atom stereocenters. The van der Waals surface area contributed by atoms with E-state index >= 15 is 0 Å². The van der Waals surface area contributed by atoms with E-state index in [1.54, 1.807) is 0 Å². The molecule has 0 spiro atoms. The zero-order valence-electron chi connectivity index (χ0n) is 2.87. The lowest BCUT2D eigenvalue weighted by atomic mass is 13.0. The second kappa shape index (κ2) is 8.87. The van der Waals surface area contributed by atoms with Crippen LogP contribution in [0.4, 0.5) is 0 Å². The summed E-state index contributed by atoms with van der Waals surface area (Å²) in [5.74, 6) is 8.00. The molecule has 0 heterocycles. The van der Waals surface area contributed by atoms with Crippen molar-refractivity contribution >= 4 is 8.25 Å². The van der Waals surface area contributed by atoms with E-state index in [1.165, 1.54) is 0 Å². The van der Waals surface area contributed by atoms with Gasteiger partial charge >= 0.3 is 8.25 Å². The van der Waals surface area contributed by atoms with Gasteiger partial charge in [-0.05, 0) is 4.57 Å². The van der Waals surface area contributed by atoms with E-state index in [4.69, 9.17) is 14.4 Å². The first-order valence-electron chi connectivity index (χ1n) is 0.898. The molecule has 0 rings (SSSR count). The Kier molecular flexibility index (Phi) is 13.8. The highest BCUT2D eigenvalue weighted by Gasteiger charge is 1.73. The molecule has 6 heteroatoms. The predicted octanol–water partition coefficient (Wildman–Crippen LogP) is -2.18. The first-order valence-corrected chi connectivity index (χ1v) is 2.03. The maximum absolute atomic E-state index is 8.59. The van der Waals surface area contributed by atoms with Crippen molar-refractivity contribution in [3.05, 3.63) is 0 Å². The molecule has 0 saturated carbocycles. The quantitative estimate of drug-likeness (QED) is 0.187. The van der Waals surface area contributed by atoms with E-state index < -0.39 is 8.25 Å². The topological polar surface area (TPSA) is 112 Å². The Morgan fingerprint density at radius 2 is 1.67 bits per heavy atom. The van der Waals surface area contributed by atoms with Crippen molar-refractivity contribution in [1.82, 2.24) is 0 Å². The summed E-state index contributed by atoms with van der Waals surface area (Å²) in [7, 11) is -3.12. The van der Waals surface area contributed by atoms with Gasteiger partial charge in [-0.1, -0.05) is 0 Å². The Bertz CT molecular complexity index is 31.8. The average Bonchev–Trinajstić information content (AvgIpc) is 1.41. The lowest BCUT2D eigenvalue weighted by molar-refractivity contribution is -0.180. The summed E-state index contributed by atoms with van der Waals surface area (Å²) in [6, 6.07) is 0. The minimum Gasteiger partial charge on any atom is -0.567 e. The van der Waals surface area contributed by atoms with Crippen LogP contribution in [-0.2, 0) is 4.57 Å². The maximum Gasteiger partial charge on any atom is 0.485 e. The van der Waals surface area contributed by atoms with Gasteiger partial charge in [0.15, 0.2) is 0 Å². The van der Waals surface area contributed by atoms with Gasteiger partial charge in [0.25, 0.3) is 0 Å². The zero-order valence-corrected chi connectivity index (χ0v) is 3.76. The Labute approximate surface area is 35.5 Å². The number of rotatable bonds is 0. The molecular weight excluding hydrogens is 107 g/mol. The summed E-state index contributed by atoms with van der Waals surface area (Å²) in [5.41, 5.74) is 0. The molecule has 0 amide bonds. The van der Waals surface area contributed by atoms with Crippen LogP contribution in [0, 0.1) is 0 Å². The van der Waals surface area contributed by atoms with Crippen molar-refractivity contribution in [2.75, 3.05) is 0 Å². The van der Waals surface area contributed by atoms with E-state index in [0.29, 0.717) is 0 Å². The Morgan fingerprint density at radius 3 is 1.67 bits per heavy atom. The third-order valence-corrected chi connectivity index (χ3v) is 0. The average molecular weight is 112 g/mol. The second-order valence-electron chi connectivity index (χ2n) is 0.238. The summed E-state index contributed by atoms with van der Waals surface area (Å²) in [6.07, 6.45) is 0. The molecule has 0 bridgehead atoms. The maximum atomic E-state index is 8.59. The van der Waals surface area contributed by atoms with Gasteiger partial charge in [0.2, 0.25) is 0 Å². The molecular formula is H5N2O3P. The van der Waals surface area contributed by atoms with Crippen LogP contribution in [0.3, 0.4) is 0 Å². The molecule has 0 radical (unpaired) electrons. The summed E-state index contributed by atoms with van der Waals surface area (Å²) in [4.78, 5) is 15.6. The van der Waals surface area contributed by atoms with Crippen LogP contribution < -0.4 is 16.6 Å². The molecule has 0 aliphatic heterocycles. The van der Waals surface area contributed by atoms with Gasteiger partial charge in [-0.3, -0.25) is 11.7 Å². The van der Waals surface area contributed by atoms with Crippen LogP contribution in [0.25, 0.3) is 0 Å². The molecule has 6 heavy (non-hydrogen) atoms. The van der Waals surface area contributed by atoms with Crippen LogP contribution in [-0.4, -0.2) is 4.89 Å². The Balaban J connectivity index is 0. The van der Waals surface area contributed by atoms with Crippen LogP contribution in [0.15, 0.2) is 0 Å². The molecule has 1 atom stereocenters. The lowest BCUT2D eigenvalue weighted by Gasteiger charge is -1.56. The largest absolute Gasteiger partial charge is 0.567 e. The van der Waals surface area contributed by atoms with Crippen molar-refractivity contribution in [2.45, 2.75) is 0 Å². The summed E-state index contributed by atoms with van der Waals surface area (Å²) < 4.78 is 8.59. The molecule has 0 fully saturated rings. The molecule has 5 N–H and O–H groups in total. The number of hydrogen-bond donors (Lipinski definition) is 3. The van der Waals surface area contributed by atoms with Gasteiger partial charge in [-0.15, -0.1) is 0 Å². The van der Waals surface area contributed by atoms with Crippen molar-refractivity contribution in [2.24, 2.45) is 11.7 Å². The van der Waals surface area contributed by atoms with Crippen LogP contribution >= 0.6 is 8.25 Å². The zero-order chi connectivity index (χ0) is 5.58. The monoisotopic (exact) mass is 112 g/mol. The molecule has 38 valence electrons. The number of hydrazine groups is 1. The van der Waals surface area contributed by atoms with Crippen molar-refractivity contribution in [3.63, 3.8) is 0 Å². The highest BCUT2D eigenvalue weighted by molar-refractivity contribution is 7.29. The Morgan fingerprint density at radius 1 is 1.67 bits per heavy atom. The predicted molar refractivity (Wildman–Crippen MR) is 18.2 cm³/mol. The summed E-state index contributed by atoms with van der Waals surface area (Å²) in [6.45, 7) is 0. The minimum absolute atomic E-state index is 3.12. The van der Waals surface area contributed by atoms with Gasteiger partial charge in [-0.2, -0.15) is 4.89 Å². The molecule has 5 nitrogen and oxygen atoms in total.